The van der Waals surface area contributed by atoms with Gasteiger partial charge in [0, 0.05) is 5.56 Å². The molecular formula is C35H40O5. The van der Waals surface area contributed by atoms with Crippen LogP contribution in [0.5, 0.6) is 5.75 Å². The summed E-state index contributed by atoms with van der Waals surface area (Å²) in [5.41, 5.74) is 4.76. The highest BCUT2D eigenvalue weighted by Gasteiger charge is 2.43. The topological polar surface area (TPSA) is 83.8 Å². The number of hydrogen-bond donors (Lipinski definition) is 2. The molecule has 40 heavy (non-hydrogen) atoms. The van der Waals surface area contributed by atoms with Crippen molar-refractivity contribution in [2.45, 2.75) is 71.3 Å². The van der Waals surface area contributed by atoms with Gasteiger partial charge in [0.2, 0.25) is 0 Å². The molecular weight excluding hydrogens is 500 g/mol. The van der Waals surface area contributed by atoms with E-state index in [0.29, 0.717) is 6.61 Å². The highest BCUT2D eigenvalue weighted by molar-refractivity contribution is 5.87. The van der Waals surface area contributed by atoms with Crippen molar-refractivity contribution in [2.24, 2.45) is 11.3 Å². The summed E-state index contributed by atoms with van der Waals surface area (Å²) in [6.45, 7) is 7.09. The van der Waals surface area contributed by atoms with E-state index in [1.54, 1.807) is 12.1 Å². The van der Waals surface area contributed by atoms with E-state index in [2.05, 4.69) is 57.2 Å². The van der Waals surface area contributed by atoms with Crippen LogP contribution in [0.3, 0.4) is 0 Å². The summed E-state index contributed by atoms with van der Waals surface area (Å²) in [7, 11) is 0. The smallest absolute Gasteiger partial charge is 0.335 e. The molecule has 1 fully saturated rings. The van der Waals surface area contributed by atoms with E-state index in [0.717, 1.165) is 54.5 Å². The molecule has 0 aliphatic heterocycles. The second-order valence-electron chi connectivity index (χ2n) is 12.2. The second-order valence-corrected chi connectivity index (χ2v) is 12.2. The minimum absolute atomic E-state index is 0.0748. The van der Waals surface area contributed by atoms with Gasteiger partial charge in [-0.15, -0.1) is 0 Å². The number of aromatic carboxylic acids is 1. The third-order valence-electron chi connectivity index (χ3n) is 7.91. The third kappa shape index (κ3) is 8.32. The summed E-state index contributed by atoms with van der Waals surface area (Å²) >= 11 is 0. The van der Waals surface area contributed by atoms with Gasteiger partial charge in [0.25, 0.3) is 0 Å². The summed E-state index contributed by atoms with van der Waals surface area (Å²) < 4.78 is 6.23. The Morgan fingerprint density at radius 1 is 0.925 bits per heavy atom. The quantitative estimate of drug-likeness (QED) is 0.228. The number of benzene rings is 3. The third-order valence-corrected chi connectivity index (χ3v) is 7.91. The van der Waals surface area contributed by atoms with Gasteiger partial charge in [0.1, 0.15) is 12.4 Å². The van der Waals surface area contributed by atoms with E-state index < -0.39 is 11.9 Å². The standard InChI is InChI=1S/C35H40O5/c1-34(2,3)30-16-11-27(12-17-30)24-40-31-7-5-4-6-28(31)13-8-26(18-19-35(20-21-35)23-32(36)37)22-25-9-14-29(15-10-25)33(38)39/h4-17,26H,18-24H2,1-3H3,(H,36,37)(H,38,39)/b13-8+. The fraction of sp³-hybridized carbons (Fsp3) is 0.371. The summed E-state index contributed by atoms with van der Waals surface area (Å²) in [5.74, 6) is -0.672. The van der Waals surface area contributed by atoms with E-state index >= 15 is 0 Å². The minimum Gasteiger partial charge on any atom is -0.488 e. The number of ether oxygens (including phenoxy) is 1. The van der Waals surface area contributed by atoms with Gasteiger partial charge in [0.05, 0.1) is 12.0 Å². The Kier molecular flexibility index (Phi) is 9.14. The lowest BCUT2D eigenvalue weighted by molar-refractivity contribution is -0.138. The van der Waals surface area contributed by atoms with Crippen LogP contribution in [0.4, 0.5) is 0 Å². The highest BCUT2D eigenvalue weighted by Crippen LogP contribution is 2.53. The molecule has 0 amide bonds. The van der Waals surface area contributed by atoms with Gasteiger partial charge >= 0.3 is 11.9 Å². The average Bonchev–Trinajstić information content (AvgIpc) is 3.68. The molecule has 5 nitrogen and oxygen atoms in total. The van der Waals surface area contributed by atoms with Crippen LogP contribution < -0.4 is 4.74 Å². The molecule has 2 N–H and O–H groups in total. The Labute approximate surface area is 237 Å². The number of carbonyl (C=O) groups is 2. The van der Waals surface area contributed by atoms with Crippen molar-refractivity contribution in [1.29, 1.82) is 0 Å². The molecule has 0 bridgehead atoms. The molecule has 1 saturated carbocycles. The van der Waals surface area contributed by atoms with E-state index in [1.807, 2.05) is 36.4 Å². The molecule has 5 heteroatoms. The van der Waals surface area contributed by atoms with Gasteiger partial charge in [-0.25, -0.2) is 4.79 Å². The molecule has 1 aliphatic carbocycles. The maximum absolute atomic E-state index is 11.4. The minimum atomic E-state index is -0.936. The SMILES string of the molecule is CC(C)(C)c1ccc(COc2ccccc2/C=C/C(CCC2(CC(=O)O)CC2)Cc2ccc(C(=O)O)cc2)cc1. The van der Waals surface area contributed by atoms with Crippen molar-refractivity contribution < 1.29 is 24.5 Å². The zero-order valence-electron chi connectivity index (χ0n) is 23.7. The van der Waals surface area contributed by atoms with Crippen LogP contribution in [0.15, 0.2) is 78.9 Å². The molecule has 0 radical (unpaired) electrons. The number of para-hydroxylation sites is 1. The predicted octanol–water partition coefficient (Wildman–Crippen LogP) is 8.17. The van der Waals surface area contributed by atoms with Gasteiger partial charge in [-0.2, -0.15) is 0 Å². The lowest BCUT2D eigenvalue weighted by Crippen LogP contribution is -2.11. The van der Waals surface area contributed by atoms with Crippen LogP contribution in [-0.4, -0.2) is 22.2 Å². The number of allylic oxidation sites excluding steroid dienone is 1. The van der Waals surface area contributed by atoms with Crippen LogP contribution in [-0.2, 0) is 23.2 Å². The molecule has 4 rings (SSSR count). The number of aliphatic carboxylic acids is 1. The molecule has 0 aromatic heterocycles. The summed E-state index contributed by atoms with van der Waals surface area (Å²) in [6.07, 6.45) is 8.95. The molecule has 210 valence electrons. The van der Waals surface area contributed by atoms with Gasteiger partial charge in [-0.3, -0.25) is 4.79 Å². The highest BCUT2D eigenvalue weighted by atomic mass is 16.5. The first kappa shape index (κ1) is 29.1. The monoisotopic (exact) mass is 540 g/mol. The Morgan fingerprint density at radius 2 is 1.57 bits per heavy atom. The molecule has 0 saturated heterocycles. The van der Waals surface area contributed by atoms with Gasteiger partial charge < -0.3 is 14.9 Å². The summed E-state index contributed by atoms with van der Waals surface area (Å²) in [4.78, 5) is 22.6. The van der Waals surface area contributed by atoms with Gasteiger partial charge in [0.15, 0.2) is 0 Å². The van der Waals surface area contributed by atoms with Crippen molar-refractivity contribution in [2.75, 3.05) is 0 Å². The van der Waals surface area contributed by atoms with Crippen LogP contribution in [0.1, 0.15) is 85.5 Å². The normalized spacial score (nSPS) is 15.1. The summed E-state index contributed by atoms with van der Waals surface area (Å²) in [6, 6.07) is 23.6. The number of rotatable bonds is 13. The maximum atomic E-state index is 11.4. The van der Waals surface area contributed by atoms with E-state index in [9.17, 15) is 19.8 Å². The first-order valence-corrected chi connectivity index (χ1v) is 14.1. The van der Waals surface area contributed by atoms with Crippen molar-refractivity contribution >= 4 is 18.0 Å². The second kappa shape index (κ2) is 12.5. The van der Waals surface area contributed by atoms with Crippen molar-refractivity contribution in [3.8, 4) is 5.75 Å². The fourth-order valence-corrected chi connectivity index (χ4v) is 5.11. The molecule has 1 aliphatic rings. The zero-order chi connectivity index (χ0) is 28.8. The molecule has 0 heterocycles. The maximum Gasteiger partial charge on any atom is 0.335 e. The van der Waals surface area contributed by atoms with Gasteiger partial charge in [-0.1, -0.05) is 87.5 Å². The van der Waals surface area contributed by atoms with Crippen LogP contribution in [0, 0.1) is 11.3 Å². The van der Waals surface area contributed by atoms with Crippen LogP contribution in [0.25, 0.3) is 6.08 Å². The lowest BCUT2D eigenvalue weighted by Gasteiger charge is -2.19. The first-order valence-electron chi connectivity index (χ1n) is 14.1. The molecule has 3 aromatic carbocycles. The molecule has 0 spiro atoms. The first-order chi connectivity index (χ1) is 19.0. The van der Waals surface area contributed by atoms with E-state index in [-0.39, 0.29) is 28.7 Å². The number of hydrogen-bond acceptors (Lipinski definition) is 3. The largest absolute Gasteiger partial charge is 0.488 e. The average molecular weight is 541 g/mol. The van der Waals surface area contributed by atoms with Gasteiger partial charge in [-0.05, 0) is 83.7 Å². The lowest BCUT2D eigenvalue weighted by atomic mass is 9.87. The Hall–Kier alpha value is -3.86. The fourth-order valence-electron chi connectivity index (χ4n) is 5.11. The summed E-state index contributed by atoms with van der Waals surface area (Å²) in [5, 5.41) is 18.6. The number of carboxylic acids is 2. The number of carboxylic acid groups (broad SMARTS) is 2. The Bertz CT molecular complexity index is 1330. The molecule has 1 unspecified atom stereocenters. The van der Waals surface area contributed by atoms with E-state index in [1.165, 1.54) is 5.56 Å². The predicted molar refractivity (Wildman–Crippen MR) is 159 cm³/mol. The van der Waals surface area contributed by atoms with Crippen molar-refractivity contribution in [3.63, 3.8) is 0 Å². The Balaban J connectivity index is 1.47. The van der Waals surface area contributed by atoms with Crippen LogP contribution in [0.2, 0.25) is 0 Å². The zero-order valence-corrected chi connectivity index (χ0v) is 23.7. The van der Waals surface area contributed by atoms with E-state index in [4.69, 9.17) is 4.74 Å². The van der Waals surface area contributed by atoms with Crippen molar-refractivity contribution in [3.05, 3.63) is 107 Å². The molecule has 1 atom stereocenters. The van der Waals surface area contributed by atoms with Crippen molar-refractivity contribution in [1.82, 2.24) is 0 Å². The molecule has 3 aromatic rings. The van der Waals surface area contributed by atoms with Crippen LogP contribution >= 0.6 is 0 Å². The Morgan fingerprint density at radius 3 is 2.17 bits per heavy atom.